The van der Waals surface area contributed by atoms with Crippen molar-refractivity contribution in [3.05, 3.63) is 24.0 Å². The second kappa shape index (κ2) is 8.17. The van der Waals surface area contributed by atoms with E-state index in [0.29, 0.717) is 62.4 Å². The third-order valence-electron chi connectivity index (χ3n) is 5.33. The normalized spacial score (nSPS) is 21.2. The molecule has 4 rings (SSSR count). The molecule has 2 aromatic heterocycles. The first kappa shape index (κ1) is 19.9. The van der Waals surface area contributed by atoms with Crippen molar-refractivity contribution < 1.29 is 17.9 Å². The number of halogens is 3. The van der Waals surface area contributed by atoms with Crippen molar-refractivity contribution in [2.24, 2.45) is 0 Å². The summed E-state index contributed by atoms with van der Waals surface area (Å²) in [6.07, 6.45) is 0.926. The molecule has 158 valence electrons. The van der Waals surface area contributed by atoms with Crippen molar-refractivity contribution in [2.45, 2.75) is 50.7 Å². The zero-order chi connectivity index (χ0) is 20.4. The van der Waals surface area contributed by atoms with Crippen molar-refractivity contribution in [1.29, 1.82) is 0 Å². The molecule has 0 bridgehead atoms. The second-order valence-electron chi connectivity index (χ2n) is 7.59. The van der Waals surface area contributed by atoms with Crippen LogP contribution in [0.15, 0.2) is 18.3 Å². The predicted octanol–water partition coefficient (Wildman–Crippen LogP) is 3.52. The topological polar surface area (TPSA) is 68.1 Å². The number of rotatable bonds is 5. The zero-order valence-corrected chi connectivity index (χ0v) is 16.3. The van der Waals surface area contributed by atoms with Crippen molar-refractivity contribution >= 4 is 11.6 Å². The molecule has 2 fully saturated rings. The Morgan fingerprint density at radius 2 is 1.93 bits per heavy atom. The third kappa shape index (κ3) is 4.80. The van der Waals surface area contributed by atoms with Crippen LogP contribution in [0, 0.1) is 0 Å². The summed E-state index contributed by atoms with van der Waals surface area (Å²) in [5, 5.41) is 7.50. The first-order valence-corrected chi connectivity index (χ1v) is 9.96. The zero-order valence-electron chi connectivity index (χ0n) is 16.3. The molecule has 0 radical (unpaired) electrons. The van der Waals surface area contributed by atoms with Crippen LogP contribution in [0.4, 0.5) is 24.8 Å². The molecule has 7 nitrogen and oxygen atoms in total. The largest absolute Gasteiger partial charge is 0.378 e. The van der Waals surface area contributed by atoms with Gasteiger partial charge >= 0.3 is 0 Å². The highest BCUT2D eigenvalue weighted by molar-refractivity contribution is 5.52. The second-order valence-corrected chi connectivity index (χ2v) is 7.59. The number of nitrogens with zero attached hydrogens (tertiary/aromatic N) is 5. The Morgan fingerprint density at radius 3 is 2.59 bits per heavy atom. The molecule has 1 aliphatic heterocycles. The molecule has 1 N–H and O–H groups in total. The summed E-state index contributed by atoms with van der Waals surface area (Å²) in [6.45, 7) is 4.01. The minimum atomic E-state index is -2.58. The van der Waals surface area contributed by atoms with E-state index in [-0.39, 0.29) is 18.9 Å². The van der Waals surface area contributed by atoms with Crippen LogP contribution in [-0.4, -0.2) is 58.0 Å². The van der Waals surface area contributed by atoms with E-state index in [1.54, 1.807) is 12.3 Å². The molecule has 29 heavy (non-hydrogen) atoms. The monoisotopic (exact) mass is 410 g/mol. The number of aromatic nitrogens is 4. The number of morpholine rings is 1. The van der Waals surface area contributed by atoms with Crippen molar-refractivity contribution in [3.8, 4) is 5.95 Å². The average molecular weight is 410 g/mol. The van der Waals surface area contributed by atoms with Gasteiger partial charge in [0.1, 0.15) is 17.8 Å². The van der Waals surface area contributed by atoms with Gasteiger partial charge in [-0.3, -0.25) is 0 Å². The van der Waals surface area contributed by atoms with Gasteiger partial charge in [-0.2, -0.15) is 15.1 Å². The highest BCUT2D eigenvalue weighted by atomic mass is 19.3. The maximum Gasteiger partial charge on any atom is 0.254 e. The Balaban J connectivity index is 1.60. The predicted molar refractivity (Wildman–Crippen MR) is 103 cm³/mol. The summed E-state index contributed by atoms with van der Waals surface area (Å²) < 4.78 is 47.3. The van der Waals surface area contributed by atoms with Crippen LogP contribution >= 0.6 is 0 Å². The van der Waals surface area contributed by atoms with Crippen molar-refractivity contribution in [2.75, 3.05) is 36.5 Å². The summed E-state index contributed by atoms with van der Waals surface area (Å²) in [4.78, 5) is 11.2. The van der Waals surface area contributed by atoms with Gasteiger partial charge in [0, 0.05) is 44.2 Å². The standard InChI is InChI=1S/C19H25F3N6O/c1-13(20)15-4-7-28(26-15)18-24-16(23-14-2-5-19(21,22)6-3-14)12-17(25-18)27-8-10-29-11-9-27/h4,7,12-14H,2-3,5-6,8-11H2,1H3,(H,23,24,25). The lowest BCUT2D eigenvalue weighted by Crippen LogP contribution is -2.37. The highest BCUT2D eigenvalue weighted by Crippen LogP contribution is 2.34. The molecule has 2 aliphatic rings. The van der Waals surface area contributed by atoms with Crippen LogP contribution in [0.3, 0.4) is 0 Å². The van der Waals surface area contributed by atoms with E-state index in [2.05, 4.69) is 25.3 Å². The maximum atomic E-state index is 13.6. The molecular formula is C19H25F3N6O. The first-order valence-electron chi connectivity index (χ1n) is 9.96. The number of anilines is 2. The highest BCUT2D eigenvalue weighted by Gasteiger charge is 2.35. The number of alkyl halides is 3. The fourth-order valence-corrected chi connectivity index (χ4v) is 3.61. The van der Waals surface area contributed by atoms with E-state index in [1.807, 2.05) is 6.07 Å². The summed E-state index contributed by atoms with van der Waals surface area (Å²) in [6, 6.07) is 3.34. The number of nitrogens with one attached hydrogen (secondary N) is 1. The average Bonchev–Trinajstić information content (AvgIpc) is 3.21. The molecule has 10 heteroatoms. The molecular weight excluding hydrogens is 385 g/mol. The molecule has 3 heterocycles. The van der Waals surface area contributed by atoms with Gasteiger partial charge in [0.2, 0.25) is 5.92 Å². The first-order chi connectivity index (χ1) is 13.9. The van der Waals surface area contributed by atoms with E-state index in [9.17, 15) is 13.2 Å². The van der Waals surface area contributed by atoms with Crippen LogP contribution in [0.1, 0.15) is 44.5 Å². The summed E-state index contributed by atoms with van der Waals surface area (Å²) in [5.41, 5.74) is 0.300. The number of hydrogen-bond acceptors (Lipinski definition) is 6. The van der Waals surface area contributed by atoms with Crippen LogP contribution < -0.4 is 10.2 Å². The van der Waals surface area contributed by atoms with Crippen molar-refractivity contribution in [1.82, 2.24) is 19.7 Å². The van der Waals surface area contributed by atoms with Crippen LogP contribution in [0.2, 0.25) is 0 Å². The minimum absolute atomic E-state index is 0.0750. The molecule has 0 aromatic carbocycles. The van der Waals surface area contributed by atoms with E-state index >= 15 is 0 Å². The molecule has 1 unspecified atom stereocenters. The Labute approximate surface area is 167 Å². The molecule has 0 amide bonds. The Bertz CT molecular complexity index is 827. The van der Waals surface area contributed by atoms with E-state index < -0.39 is 12.1 Å². The molecule has 1 aliphatic carbocycles. The lowest BCUT2D eigenvalue weighted by Gasteiger charge is -2.30. The molecule has 1 saturated carbocycles. The Hall–Kier alpha value is -2.36. The Kier molecular flexibility index (Phi) is 5.62. The van der Waals surface area contributed by atoms with Gasteiger partial charge in [0.05, 0.1) is 18.9 Å². The lowest BCUT2D eigenvalue weighted by atomic mass is 9.92. The summed E-state index contributed by atoms with van der Waals surface area (Å²) >= 11 is 0. The minimum Gasteiger partial charge on any atom is -0.378 e. The number of hydrogen-bond donors (Lipinski definition) is 1. The lowest BCUT2D eigenvalue weighted by molar-refractivity contribution is -0.0361. The molecule has 2 aromatic rings. The van der Waals surface area contributed by atoms with Crippen LogP contribution in [-0.2, 0) is 4.74 Å². The molecule has 1 atom stereocenters. The van der Waals surface area contributed by atoms with Gasteiger partial charge in [-0.25, -0.2) is 17.9 Å². The van der Waals surface area contributed by atoms with E-state index in [1.165, 1.54) is 11.6 Å². The van der Waals surface area contributed by atoms with Gasteiger partial charge < -0.3 is 15.0 Å². The Morgan fingerprint density at radius 1 is 1.21 bits per heavy atom. The van der Waals surface area contributed by atoms with Crippen molar-refractivity contribution in [3.63, 3.8) is 0 Å². The van der Waals surface area contributed by atoms with Crippen LogP contribution in [0.5, 0.6) is 0 Å². The van der Waals surface area contributed by atoms with Gasteiger partial charge in [-0.1, -0.05) is 0 Å². The van der Waals surface area contributed by atoms with Gasteiger partial charge in [0.15, 0.2) is 0 Å². The molecule has 1 saturated heterocycles. The van der Waals surface area contributed by atoms with Gasteiger partial charge in [-0.05, 0) is 25.8 Å². The van der Waals surface area contributed by atoms with Crippen LogP contribution in [0.25, 0.3) is 5.95 Å². The fraction of sp³-hybridized carbons (Fsp3) is 0.632. The SMILES string of the molecule is CC(F)c1ccn(-c2nc(NC3CCC(F)(F)CC3)cc(N3CCOCC3)n2)n1. The summed E-state index contributed by atoms with van der Waals surface area (Å²) in [7, 11) is 0. The molecule has 0 spiro atoms. The quantitative estimate of drug-likeness (QED) is 0.814. The third-order valence-corrected chi connectivity index (χ3v) is 5.33. The fourth-order valence-electron chi connectivity index (χ4n) is 3.61. The summed E-state index contributed by atoms with van der Waals surface area (Å²) in [5.74, 6) is -1.02. The van der Waals surface area contributed by atoms with E-state index in [4.69, 9.17) is 4.74 Å². The maximum absolute atomic E-state index is 13.6. The van der Waals surface area contributed by atoms with E-state index in [0.717, 1.165) is 0 Å². The van der Waals surface area contributed by atoms with Gasteiger partial charge in [0.25, 0.3) is 5.95 Å². The van der Waals surface area contributed by atoms with Gasteiger partial charge in [-0.15, -0.1) is 0 Å². The smallest absolute Gasteiger partial charge is 0.254 e. The number of ether oxygens (including phenoxy) is 1.